The van der Waals surface area contributed by atoms with E-state index in [2.05, 4.69) is 10.3 Å². The summed E-state index contributed by atoms with van der Waals surface area (Å²) < 4.78 is 4.75. The fraction of sp³-hybridized carbons (Fsp3) is 0.318. The lowest BCUT2D eigenvalue weighted by molar-refractivity contribution is -0.148. The molecule has 2 unspecified atom stereocenters. The molecular weight excluding hydrogens is 438 g/mol. The first-order chi connectivity index (χ1) is 15.1. The number of carboxylic acids is 1. The Bertz CT molecular complexity index is 1210. The van der Waals surface area contributed by atoms with Gasteiger partial charge in [-0.05, 0) is 26.0 Å². The van der Waals surface area contributed by atoms with Crippen LogP contribution in [-0.2, 0) is 31.1 Å². The molecule has 0 saturated carbocycles. The van der Waals surface area contributed by atoms with E-state index in [1.165, 1.54) is 19.2 Å². The summed E-state index contributed by atoms with van der Waals surface area (Å²) in [4.78, 5) is 55.6. The summed E-state index contributed by atoms with van der Waals surface area (Å²) in [5, 5.41) is 12.2. The van der Waals surface area contributed by atoms with Gasteiger partial charge < -0.3 is 9.84 Å². The molecule has 2 aliphatic rings. The standard InChI is InChI=1S/C22H20ClN3O6/c1-11-8-24-15(12(2)19(11)32-3)9-26(10-18(28)29)16-5-4-13(23)6-14(16)22(21(26)31)7-17(27)25-20(22)30/h4-6,8H,7,9-10H2,1-3H3,(H-,25,27,28,29,30)/p+1. The van der Waals surface area contributed by atoms with Gasteiger partial charge in [0.25, 0.3) is 5.91 Å². The van der Waals surface area contributed by atoms with Crippen molar-refractivity contribution in [1.82, 2.24) is 14.8 Å². The van der Waals surface area contributed by atoms with E-state index >= 15 is 0 Å². The summed E-state index contributed by atoms with van der Waals surface area (Å²) in [7, 11) is 1.52. The molecule has 166 valence electrons. The van der Waals surface area contributed by atoms with Gasteiger partial charge in [0.05, 0.1) is 13.5 Å². The number of fused-ring (bicyclic) bond motifs is 2. The van der Waals surface area contributed by atoms with Crippen LogP contribution >= 0.6 is 11.6 Å². The van der Waals surface area contributed by atoms with Gasteiger partial charge in [0.1, 0.15) is 23.7 Å². The maximum absolute atomic E-state index is 14.0. The predicted octanol–water partition coefficient (Wildman–Crippen LogP) is 1.78. The van der Waals surface area contributed by atoms with Crippen molar-refractivity contribution in [3.05, 3.63) is 51.8 Å². The summed E-state index contributed by atoms with van der Waals surface area (Å²) in [6, 6.07) is 4.54. The normalized spacial score (nSPS) is 24.1. The minimum Gasteiger partial charge on any atom is -0.496 e. The van der Waals surface area contributed by atoms with Crippen molar-refractivity contribution in [1.29, 1.82) is 0 Å². The molecule has 2 aliphatic heterocycles. The van der Waals surface area contributed by atoms with Gasteiger partial charge in [0, 0.05) is 34.0 Å². The molecule has 0 bridgehead atoms. The summed E-state index contributed by atoms with van der Waals surface area (Å²) in [5.41, 5.74) is 0.617. The van der Waals surface area contributed by atoms with Crippen molar-refractivity contribution in [3.63, 3.8) is 0 Å². The number of carboxylic acid groups (broad SMARTS) is 1. The zero-order valence-corrected chi connectivity index (χ0v) is 18.4. The molecule has 1 aromatic heterocycles. The minimum absolute atomic E-state index is 0.133. The highest BCUT2D eigenvalue weighted by Crippen LogP contribution is 2.52. The SMILES string of the molecule is COc1c(C)cnc(C[N+]2(CC(=O)O)C(=O)C3(CC(=O)NC3=O)c3cc(Cl)ccc32)c1C. The second kappa shape index (κ2) is 7.39. The highest BCUT2D eigenvalue weighted by molar-refractivity contribution is 6.32. The quantitative estimate of drug-likeness (QED) is 0.397. The van der Waals surface area contributed by atoms with Crippen molar-refractivity contribution < 1.29 is 29.0 Å². The lowest BCUT2D eigenvalue weighted by atomic mass is 9.80. The number of methoxy groups -OCH3 is 1. The summed E-state index contributed by atoms with van der Waals surface area (Å²) in [6.45, 7) is 2.84. The smallest absolute Gasteiger partial charge is 0.360 e. The van der Waals surface area contributed by atoms with E-state index in [0.29, 0.717) is 22.7 Å². The van der Waals surface area contributed by atoms with Crippen LogP contribution < -0.4 is 14.5 Å². The lowest BCUT2D eigenvalue weighted by Crippen LogP contribution is -2.59. The molecule has 10 heteroatoms. The number of nitrogens with zero attached hydrogens (tertiary/aromatic N) is 2. The molecule has 2 atom stereocenters. The molecule has 1 spiro atoms. The second-order valence-corrected chi connectivity index (χ2v) is 8.59. The number of aryl methyl sites for hydroxylation is 1. The van der Waals surface area contributed by atoms with Gasteiger partial charge in [-0.25, -0.2) is 14.1 Å². The third-order valence-corrected chi connectivity index (χ3v) is 6.51. The zero-order chi connectivity index (χ0) is 23.4. The molecule has 2 N–H and O–H groups in total. The van der Waals surface area contributed by atoms with E-state index in [1.54, 1.807) is 19.2 Å². The summed E-state index contributed by atoms with van der Waals surface area (Å²) >= 11 is 6.18. The Kier molecular flexibility index (Phi) is 5.06. The van der Waals surface area contributed by atoms with Gasteiger partial charge in [0.15, 0.2) is 6.54 Å². The number of hydrogen-bond donors (Lipinski definition) is 2. The van der Waals surface area contributed by atoms with Crippen molar-refractivity contribution in [2.24, 2.45) is 0 Å². The van der Waals surface area contributed by atoms with Gasteiger partial charge in [-0.2, -0.15) is 0 Å². The topological polar surface area (TPSA) is 123 Å². The number of hydrogen-bond acceptors (Lipinski definition) is 6. The number of nitrogens with one attached hydrogen (secondary N) is 1. The molecule has 0 aliphatic carbocycles. The molecule has 4 rings (SSSR count). The average molecular weight is 459 g/mol. The average Bonchev–Trinajstić information content (AvgIpc) is 3.11. The first kappa shape index (κ1) is 21.9. The van der Waals surface area contributed by atoms with E-state index in [1.807, 2.05) is 6.92 Å². The Morgan fingerprint density at radius 1 is 1.31 bits per heavy atom. The van der Waals surface area contributed by atoms with Crippen LogP contribution in [-0.4, -0.2) is 47.4 Å². The van der Waals surface area contributed by atoms with Crippen LogP contribution in [0, 0.1) is 13.8 Å². The van der Waals surface area contributed by atoms with Crippen LogP contribution in [0.15, 0.2) is 24.4 Å². The lowest BCUT2D eigenvalue weighted by Gasteiger charge is -2.32. The maximum Gasteiger partial charge on any atom is 0.360 e. The first-order valence-electron chi connectivity index (χ1n) is 9.84. The number of aliphatic carboxylic acids is 1. The fourth-order valence-electron chi connectivity index (χ4n) is 4.89. The predicted molar refractivity (Wildman–Crippen MR) is 114 cm³/mol. The molecule has 1 aromatic carbocycles. The minimum atomic E-state index is -1.84. The van der Waals surface area contributed by atoms with Gasteiger partial charge in [-0.1, -0.05) is 11.6 Å². The highest BCUT2D eigenvalue weighted by Gasteiger charge is 2.70. The van der Waals surface area contributed by atoms with Crippen LogP contribution in [0.5, 0.6) is 5.75 Å². The molecule has 32 heavy (non-hydrogen) atoms. The van der Waals surface area contributed by atoms with Crippen molar-refractivity contribution in [2.45, 2.75) is 32.2 Å². The van der Waals surface area contributed by atoms with Crippen LogP contribution in [0.4, 0.5) is 5.69 Å². The van der Waals surface area contributed by atoms with E-state index in [9.17, 15) is 24.3 Å². The molecule has 1 fully saturated rings. The Hall–Kier alpha value is -3.30. The van der Waals surface area contributed by atoms with E-state index < -0.39 is 46.6 Å². The molecule has 9 nitrogen and oxygen atoms in total. The van der Waals surface area contributed by atoms with Crippen LogP contribution in [0.25, 0.3) is 0 Å². The highest BCUT2D eigenvalue weighted by atomic mass is 35.5. The molecule has 0 radical (unpaired) electrons. The Morgan fingerprint density at radius 2 is 2.03 bits per heavy atom. The second-order valence-electron chi connectivity index (χ2n) is 8.15. The number of aromatic nitrogens is 1. The molecular formula is C22H21ClN3O6+. The van der Waals surface area contributed by atoms with Crippen LogP contribution in [0.2, 0.25) is 5.02 Å². The zero-order valence-electron chi connectivity index (χ0n) is 17.7. The van der Waals surface area contributed by atoms with Crippen molar-refractivity contribution in [2.75, 3.05) is 13.7 Å². The fourth-order valence-corrected chi connectivity index (χ4v) is 5.06. The summed E-state index contributed by atoms with van der Waals surface area (Å²) in [6.07, 6.45) is 1.19. The van der Waals surface area contributed by atoms with Gasteiger partial charge >= 0.3 is 11.9 Å². The number of benzene rings is 1. The number of quaternary nitrogens is 1. The number of ether oxygens (including phenoxy) is 1. The van der Waals surface area contributed by atoms with Gasteiger partial charge in [-0.3, -0.25) is 19.9 Å². The maximum atomic E-state index is 14.0. The number of halogens is 1. The van der Waals surface area contributed by atoms with Crippen LogP contribution in [0.3, 0.4) is 0 Å². The Balaban J connectivity index is 1.99. The number of amides is 3. The molecule has 3 amide bonds. The Labute approximate surface area is 188 Å². The number of pyridine rings is 1. The third-order valence-electron chi connectivity index (χ3n) is 6.27. The number of carbonyl (C=O) groups excluding carboxylic acids is 3. The molecule has 1 saturated heterocycles. The molecule has 2 aromatic rings. The van der Waals surface area contributed by atoms with E-state index in [4.69, 9.17) is 16.3 Å². The third kappa shape index (κ3) is 2.92. The number of carbonyl (C=O) groups is 4. The van der Waals surface area contributed by atoms with Gasteiger partial charge in [0.2, 0.25) is 11.3 Å². The van der Waals surface area contributed by atoms with Gasteiger partial charge in [-0.15, -0.1) is 0 Å². The monoisotopic (exact) mass is 458 g/mol. The van der Waals surface area contributed by atoms with Crippen molar-refractivity contribution >= 4 is 41.0 Å². The Morgan fingerprint density at radius 3 is 2.62 bits per heavy atom. The van der Waals surface area contributed by atoms with Crippen LogP contribution in [0.1, 0.15) is 28.8 Å². The number of rotatable bonds is 5. The van der Waals surface area contributed by atoms with Crippen molar-refractivity contribution in [3.8, 4) is 5.75 Å². The van der Waals surface area contributed by atoms with E-state index in [-0.39, 0.29) is 17.1 Å². The summed E-state index contributed by atoms with van der Waals surface area (Å²) in [5.74, 6) is -2.72. The number of imide groups is 1. The molecule has 3 heterocycles. The first-order valence-corrected chi connectivity index (χ1v) is 10.2. The largest absolute Gasteiger partial charge is 0.496 e. The van der Waals surface area contributed by atoms with E-state index in [0.717, 1.165) is 5.56 Å².